The van der Waals surface area contributed by atoms with Crippen molar-refractivity contribution in [3.8, 4) is 5.75 Å². The number of pyridine rings is 1. The highest BCUT2D eigenvalue weighted by atomic mass is 16.5. The maximum atomic E-state index is 5.42. The highest BCUT2D eigenvalue weighted by molar-refractivity contribution is 6.08. The molecule has 0 bridgehead atoms. The summed E-state index contributed by atoms with van der Waals surface area (Å²) >= 11 is 0. The molecular weight excluding hydrogens is 358 g/mol. The van der Waals surface area contributed by atoms with Crippen LogP contribution in [0.5, 0.6) is 5.75 Å². The fraction of sp³-hybridized carbons (Fsp3) is 0.480. The summed E-state index contributed by atoms with van der Waals surface area (Å²) in [5.41, 5.74) is 4.41. The van der Waals surface area contributed by atoms with Gasteiger partial charge in [-0.05, 0) is 56.5 Å². The van der Waals surface area contributed by atoms with Gasteiger partial charge in [-0.1, -0.05) is 39.0 Å². The van der Waals surface area contributed by atoms with Crippen LogP contribution in [-0.2, 0) is 0 Å². The summed E-state index contributed by atoms with van der Waals surface area (Å²) in [6, 6.07) is 12.6. The molecule has 3 aromatic rings. The topological polar surface area (TPSA) is 37.4 Å². The van der Waals surface area contributed by atoms with E-state index in [1.54, 1.807) is 7.11 Å². The lowest BCUT2D eigenvalue weighted by Crippen LogP contribution is -2.30. The summed E-state index contributed by atoms with van der Waals surface area (Å²) in [5, 5.41) is 6.08. The zero-order valence-electron chi connectivity index (χ0n) is 18.6. The summed E-state index contributed by atoms with van der Waals surface area (Å²) < 4.78 is 5.42. The minimum atomic E-state index is 0.709. The normalized spacial score (nSPS) is 11.7. The fourth-order valence-corrected chi connectivity index (χ4v) is 4.05. The van der Waals surface area contributed by atoms with E-state index in [9.17, 15) is 0 Å². The van der Waals surface area contributed by atoms with E-state index in [-0.39, 0.29) is 0 Å². The van der Waals surface area contributed by atoms with Crippen molar-refractivity contribution in [2.45, 2.75) is 40.5 Å². The third-order valence-corrected chi connectivity index (χ3v) is 5.33. The van der Waals surface area contributed by atoms with Crippen LogP contribution in [0.25, 0.3) is 21.8 Å². The van der Waals surface area contributed by atoms with E-state index in [1.807, 2.05) is 12.1 Å². The van der Waals surface area contributed by atoms with Crippen LogP contribution in [-0.4, -0.2) is 43.2 Å². The highest BCUT2D eigenvalue weighted by Crippen LogP contribution is 2.33. The molecule has 0 aliphatic heterocycles. The third-order valence-electron chi connectivity index (χ3n) is 5.33. The highest BCUT2D eigenvalue weighted by Gasteiger charge is 2.12. The molecule has 0 radical (unpaired) electrons. The van der Waals surface area contributed by atoms with Crippen LogP contribution in [0.4, 0.5) is 5.69 Å². The minimum absolute atomic E-state index is 0.709. The summed E-state index contributed by atoms with van der Waals surface area (Å²) in [7, 11) is 1.70. The molecule has 0 amide bonds. The number of fused-ring (bicyclic) bond motifs is 2. The molecule has 4 nitrogen and oxygen atoms in total. The Hall–Kier alpha value is -2.33. The number of benzene rings is 2. The molecule has 0 aliphatic rings. The second-order valence-electron chi connectivity index (χ2n) is 8.32. The lowest BCUT2D eigenvalue weighted by molar-refractivity contribution is 0.244. The van der Waals surface area contributed by atoms with Crippen molar-refractivity contribution in [1.29, 1.82) is 0 Å². The zero-order chi connectivity index (χ0) is 20.8. The van der Waals surface area contributed by atoms with Gasteiger partial charge in [0.25, 0.3) is 0 Å². The Kier molecular flexibility index (Phi) is 7.32. The van der Waals surface area contributed by atoms with Gasteiger partial charge in [-0.15, -0.1) is 0 Å². The largest absolute Gasteiger partial charge is 0.497 e. The summed E-state index contributed by atoms with van der Waals surface area (Å²) in [6.07, 6.45) is 2.33. The second kappa shape index (κ2) is 9.93. The molecule has 0 atom stereocenters. The van der Waals surface area contributed by atoms with Crippen molar-refractivity contribution < 1.29 is 4.74 Å². The van der Waals surface area contributed by atoms with Crippen molar-refractivity contribution in [2.75, 3.05) is 38.6 Å². The predicted octanol–water partition coefficient (Wildman–Crippen LogP) is 5.88. The van der Waals surface area contributed by atoms with Crippen molar-refractivity contribution in [1.82, 2.24) is 9.88 Å². The van der Waals surface area contributed by atoms with Crippen molar-refractivity contribution in [3.05, 3.63) is 42.0 Å². The van der Waals surface area contributed by atoms with Gasteiger partial charge in [0, 0.05) is 29.9 Å². The standard InChI is InChI=1S/C25H35N3O/c1-6-14-28(17-18(2)3)15-8-13-26-25-21-12-11-20(29-5)16-23(21)27-24-19(4)9-7-10-22(24)25/h7,9-12,16,18H,6,8,13-15,17H2,1-5H3,(H,26,27). The molecule has 3 rings (SSSR count). The minimum Gasteiger partial charge on any atom is -0.497 e. The Morgan fingerprint density at radius 1 is 1.10 bits per heavy atom. The molecule has 1 N–H and O–H groups in total. The quantitative estimate of drug-likeness (QED) is 0.345. The molecule has 2 aromatic carbocycles. The number of hydrogen-bond donors (Lipinski definition) is 1. The number of methoxy groups -OCH3 is 1. The lowest BCUT2D eigenvalue weighted by atomic mass is 10.0. The molecule has 156 valence electrons. The van der Waals surface area contributed by atoms with Gasteiger partial charge >= 0.3 is 0 Å². The van der Waals surface area contributed by atoms with Gasteiger partial charge in [0.2, 0.25) is 0 Å². The van der Waals surface area contributed by atoms with E-state index < -0.39 is 0 Å². The molecule has 4 heteroatoms. The molecule has 0 spiro atoms. The van der Waals surface area contributed by atoms with Crippen LogP contribution in [0.3, 0.4) is 0 Å². The van der Waals surface area contributed by atoms with Gasteiger partial charge in [-0.3, -0.25) is 0 Å². The third kappa shape index (κ3) is 5.18. The van der Waals surface area contributed by atoms with E-state index in [1.165, 1.54) is 36.1 Å². The molecule has 0 aliphatic carbocycles. The number of ether oxygens (including phenoxy) is 1. The van der Waals surface area contributed by atoms with Crippen LogP contribution in [0.1, 0.15) is 39.2 Å². The Bertz CT molecular complexity index is 952. The first-order chi connectivity index (χ1) is 14.0. The van der Waals surface area contributed by atoms with Crippen LogP contribution < -0.4 is 10.1 Å². The number of nitrogens with one attached hydrogen (secondary N) is 1. The number of aryl methyl sites for hydroxylation is 1. The number of nitrogens with zero attached hydrogens (tertiary/aromatic N) is 2. The molecule has 0 unspecified atom stereocenters. The van der Waals surface area contributed by atoms with Gasteiger partial charge < -0.3 is 15.0 Å². The predicted molar refractivity (Wildman–Crippen MR) is 125 cm³/mol. The summed E-state index contributed by atoms with van der Waals surface area (Å²) in [5.74, 6) is 1.55. The number of anilines is 1. The number of hydrogen-bond acceptors (Lipinski definition) is 4. The average Bonchev–Trinajstić information content (AvgIpc) is 2.70. The van der Waals surface area contributed by atoms with Crippen molar-refractivity contribution >= 4 is 27.5 Å². The first-order valence-corrected chi connectivity index (χ1v) is 10.9. The molecule has 1 heterocycles. The maximum absolute atomic E-state index is 5.42. The van der Waals surface area contributed by atoms with E-state index in [4.69, 9.17) is 9.72 Å². The number of aromatic nitrogens is 1. The SMILES string of the molecule is CCCN(CCCNc1c2ccc(OC)cc2nc2c(C)cccc12)CC(C)C. The first kappa shape index (κ1) is 21.4. The van der Waals surface area contributed by atoms with E-state index in [2.05, 4.69) is 62.2 Å². The van der Waals surface area contributed by atoms with Crippen molar-refractivity contribution in [3.63, 3.8) is 0 Å². The number of rotatable bonds is 10. The second-order valence-corrected chi connectivity index (χ2v) is 8.32. The monoisotopic (exact) mass is 393 g/mol. The molecule has 29 heavy (non-hydrogen) atoms. The zero-order valence-corrected chi connectivity index (χ0v) is 18.6. The Labute approximate surface area is 175 Å². The van der Waals surface area contributed by atoms with E-state index >= 15 is 0 Å². The van der Waals surface area contributed by atoms with Crippen LogP contribution in [0.15, 0.2) is 36.4 Å². The van der Waals surface area contributed by atoms with Crippen molar-refractivity contribution in [2.24, 2.45) is 5.92 Å². The smallest absolute Gasteiger partial charge is 0.121 e. The van der Waals surface area contributed by atoms with E-state index in [0.717, 1.165) is 41.7 Å². The number of para-hydroxylation sites is 1. The molecule has 0 saturated heterocycles. The molecular formula is C25H35N3O. The van der Waals surface area contributed by atoms with Gasteiger partial charge in [0.1, 0.15) is 5.75 Å². The van der Waals surface area contributed by atoms with Gasteiger partial charge in [-0.2, -0.15) is 0 Å². The molecule has 1 aromatic heterocycles. The molecule has 0 saturated carbocycles. The lowest BCUT2D eigenvalue weighted by Gasteiger charge is -2.24. The van der Waals surface area contributed by atoms with E-state index in [0.29, 0.717) is 5.92 Å². The molecule has 0 fully saturated rings. The van der Waals surface area contributed by atoms with Gasteiger partial charge in [0.15, 0.2) is 0 Å². The Balaban J connectivity index is 1.84. The van der Waals surface area contributed by atoms with Crippen LogP contribution >= 0.6 is 0 Å². The average molecular weight is 394 g/mol. The maximum Gasteiger partial charge on any atom is 0.121 e. The fourth-order valence-electron chi connectivity index (χ4n) is 4.05. The van der Waals surface area contributed by atoms with Gasteiger partial charge in [-0.25, -0.2) is 4.98 Å². The Morgan fingerprint density at radius 3 is 2.66 bits per heavy atom. The summed E-state index contributed by atoms with van der Waals surface area (Å²) in [6.45, 7) is 13.4. The van der Waals surface area contributed by atoms with Crippen LogP contribution in [0, 0.1) is 12.8 Å². The summed E-state index contributed by atoms with van der Waals surface area (Å²) in [4.78, 5) is 7.52. The Morgan fingerprint density at radius 2 is 1.93 bits per heavy atom. The van der Waals surface area contributed by atoms with Gasteiger partial charge in [0.05, 0.1) is 23.8 Å². The van der Waals surface area contributed by atoms with Crippen LogP contribution in [0.2, 0.25) is 0 Å². The first-order valence-electron chi connectivity index (χ1n) is 10.9.